The van der Waals surface area contributed by atoms with Gasteiger partial charge in [0, 0.05) is 12.3 Å². The molecular formula is C12H18O. The minimum Gasteiger partial charge on any atom is -0.299 e. The number of hydrogen-bond donors (Lipinski definition) is 0. The van der Waals surface area contributed by atoms with Gasteiger partial charge in [-0.3, -0.25) is 4.79 Å². The fraction of sp³-hybridized carbons (Fsp3) is 0.583. The van der Waals surface area contributed by atoms with Gasteiger partial charge in [-0.05, 0) is 31.8 Å². The van der Waals surface area contributed by atoms with Crippen molar-refractivity contribution in [2.75, 3.05) is 0 Å². The number of rotatable bonds is 3. The second-order valence-corrected chi connectivity index (χ2v) is 3.52. The smallest absolute Gasteiger partial charge is 0.140 e. The van der Waals surface area contributed by atoms with Crippen molar-refractivity contribution >= 4 is 5.78 Å². The molecule has 0 aromatic heterocycles. The molecule has 1 fully saturated rings. The summed E-state index contributed by atoms with van der Waals surface area (Å²) in [5.74, 6) is 0.633. The molecule has 1 atom stereocenters. The maximum absolute atomic E-state index is 11.5. The Hall–Kier alpha value is -0.850. The van der Waals surface area contributed by atoms with Crippen molar-refractivity contribution in [3.05, 3.63) is 23.8 Å². The van der Waals surface area contributed by atoms with Crippen LogP contribution < -0.4 is 0 Å². The molecule has 0 radical (unpaired) electrons. The normalized spacial score (nSPS) is 24.6. The Balaban J connectivity index is 2.75. The number of carbonyl (C=O) groups is 1. The average molecular weight is 178 g/mol. The maximum atomic E-state index is 11.5. The van der Waals surface area contributed by atoms with Gasteiger partial charge in [-0.25, -0.2) is 0 Å². The standard InChI is InChI=1S/C12H18O/c1-3-6-10(7-4-2)11-8-5-9-12(11)13/h3,6-7,11H,4-5,8-9H2,1-2H3/b6-3-,10-7+. The van der Waals surface area contributed by atoms with Gasteiger partial charge in [0.05, 0.1) is 0 Å². The first kappa shape index (κ1) is 10.2. The van der Waals surface area contributed by atoms with Crippen LogP contribution in [0.4, 0.5) is 0 Å². The van der Waals surface area contributed by atoms with Gasteiger partial charge in [0.2, 0.25) is 0 Å². The van der Waals surface area contributed by atoms with Crippen molar-refractivity contribution in [1.82, 2.24) is 0 Å². The molecule has 1 saturated carbocycles. The maximum Gasteiger partial charge on any atom is 0.140 e. The zero-order valence-corrected chi connectivity index (χ0v) is 8.55. The van der Waals surface area contributed by atoms with E-state index in [0.717, 1.165) is 25.7 Å². The molecule has 0 saturated heterocycles. The SMILES string of the molecule is C/C=C\C(=C/CC)C1CCCC1=O. The average Bonchev–Trinajstić information content (AvgIpc) is 2.51. The number of allylic oxidation sites excluding steroid dienone is 4. The Morgan fingerprint density at radius 1 is 1.62 bits per heavy atom. The number of carbonyl (C=O) groups excluding carboxylic acids is 1. The van der Waals surface area contributed by atoms with Crippen LogP contribution in [0.25, 0.3) is 0 Å². The molecule has 13 heavy (non-hydrogen) atoms. The highest BCUT2D eigenvalue weighted by Gasteiger charge is 2.25. The second-order valence-electron chi connectivity index (χ2n) is 3.52. The van der Waals surface area contributed by atoms with Crippen molar-refractivity contribution in [1.29, 1.82) is 0 Å². The van der Waals surface area contributed by atoms with Crippen LogP contribution in [-0.4, -0.2) is 5.78 Å². The minimum absolute atomic E-state index is 0.205. The van der Waals surface area contributed by atoms with Crippen molar-refractivity contribution in [3.8, 4) is 0 Å². The quantitative estimate of drug-likeness (QED) is 0.606. The van der Waals surface area contributed by atoms with E-state index in [9.17, 15) is 4.79 Å². The van der Waals surface area contributed by atoms with E-state index in [1.165, 1.54) is 5.57 Å². The molecule has 1 nitrogen and oxygen atoms in total. The highest BCUT2D eigenvalue weighted by molar-refractivity contribution is 5.86. The number of Topliss-reactive ketones (excluding diaryl/α,β-unsaturated/α-hetero) is 1. The summed E-state index contributed by atoms with van der Waals surface area (Å²) < 4.78 is 0. The van der Waals surface area contributed by atoms with E-state index in [-0.39, 0.29) is 5.92 Å². The monoisotopic (exact) mass is 178 g/mol. The molecule has 0 bridgehead atoms. The predicted octanol–water partition coefficient (Wildman–Crippen LogP) is 3.27. The molecule has 0 aromatic rings. The Morgan fingerprint density at radius 3 is 2.85 bits per heavy atom. The van der Waals surface area contributed by atoms with Crippen LogP contribution in [0, 0.1) is 5.92 Å². The third-order valence-electron chi connectivity index (χ3n) is 2.51. The number of ketones is 1. The third kappa shape index (κ3) is 2.55. The summed E-state index contributed by atoms with van der Waals surface area (Å²) in [6, 6.07) is 0. The van der Waals surface area contributed by atoms with Gasteiger partial charge in [0.1, 0.15) is 5.78 Å². The molecular weight excluding hydrogens is 160 g/mol. The molecule has 0 spiro atoms. The Kier molecular flexibility index (Phi) is 3.94. The van der Waals surface area contributed by atoms with Crippen LogP contribution in [0.5, 0.6) is 0 Å². The summed E-state index contributed by atoms with van der Waals surface area (Å²) in [4.78, 5) is 11.5. The van der Waals surface area contributed by atoms with Crippen LogP contribution in [0.15, 0.2) is 23.8 Å². The molecule has 1 rings (SSSR count). The summed E-state index contributed by atoms with van der Waals surface area (Å²) in [6.45, 7) is 4.12. The van der Waals surface area contributed by atoms with Crippen LogP contribution in [0.3, 0.4) is 0 Å². The molecule has 1 unspecified atom stereocenters. The minimum atomic E-state index is 0.205. The van der Waals surface area contributed by atoms with Gasteiger partial charge >= 0.3 is 0 Å². The molecule has 1 aliphatic carbocycles. The van der Waals surface area contributed by atoms with Gasteiger partial charge in [0.25, 0.3) is 0 Å². The Morgan fingerprint density at radius 2 is 2.38 bits per heavy atom. The number of hydrogen-bond acceptors (Lipinski definition) is 1. The first-order chi connectivity index (χ1) is 6.29. The molecule has 0 heterocycles. The van der Waals surface area contributed by atoms with E-state index < -0.39 is 0 Å². The van der Waals surface area contributed by atoms with Crippen molar-refractivity contribution in [2.45, 2.75) is 39.5 Å². The summed E-state index contributed by atoms with van der Waals surface area (Å²) in [6.07, 6.45) is 10.2. The molecule has 72 valence electrons. The van der Waals surface area contributed by atoms with Crippen molar-refractivity contribution < 1.29 is 4.79 Å². The Bertz CT molecular complexity index is 236. The first-order valence-corrected chi connectivity index (χ1v) is 5.15. The Labute approximate surface area is 80.5 Å². The van der Waals surface area contributed by atoms with Crippen LogP contribution in [-0.2, 0) is 4.79 Å². The predicted molar refractivity (Wildman–Crippen MR) is 55.5 cm³/mol. The summed E-state index contributed by atoms with van der Waals surface area (Å²) in [7, 11) is 0. The van der Waals surface area contributed by atoms with E-state index in [1.54, 1.807) is 0 Å². The lowest BCUT2D eigenvalue weighted by molar-refractivity contribution is -0.119. The molecule has 0 N–H and O–H groups in total. The van der Waals surface area contributed by atoms with Gasteiger partial charge < -0.3 is 0 Å². The van der Waals surface area contributed by atoms with Crippen LogP contribution >= 0.6 is 0 Å². The van der Waals surface area contributed by atoms with E-state index in [4.69, 9.17) is 0 Å². The molecule has 1 aliphatic rings. The highest BCUT2D eigenvalue weighted by Crippen LogP contribution is 2.28. The first-order valence-electron chi connectivity index (χ1n) is 5.15. The van der Waals surface area contributed by atoms with E-state index in [2.05, 4.69) is 19.1 Å². The van der Waals surface area contributed by atoms with Gasteiger partial charge in [0.15, 0.2) is 0 Å². The zero-order valence-electron chi connectivity index (χ0n) is 8.55. The van der Waals surface area contributed by atoms with E-state index in [1.807, 2.05) is 13.0 Å². The van der Waals surface area contributed by atoms with Crippen LogP contribution in [0.1, 0.15) is 39.5 Å². The topological polar surface area (TPSA) is 17.1 Å². The molecule has 1 heteroatoms. The largest absolute Gasteiger partial charge is 0.299 e. The van der Waals surface area contributed by atoms with Crippen LogP contribution in [0.2, 0.25) is 0 Å². The van der Waals surface area contributed by atoms with Crippen molar-refractivity contribution in [2.24, 2.45) is 5.92 Å². The molecule has 0 aromatic carbocycles. The summed E-state index contributed by atoms with van der Waals surface area (Å²) in [5.41, 5.74) is 1.23. The van der Waals surface area contributed by atoms with E-state index >= 15 is 0 Å². The molecule has 0 amide bonds. The second kappa shape index (κ2) is 5.00. The lowest BCUT2D eigenvalue weighted by Crippen LogP contribution is -2.07. The fourth-order valence-electron chi connectivity index (χ4n) is 1.92. The van der Waals surface area contributed by atoms with Gasteiger partial charge in [-0.2, -0.15) is 0 Å². The zero-order chi connectivity index (χ0) is 9.68. The van der Waals surface area contributed by atoms with Gasteiger partial charge in [-0.15, -0.1) is 0 Å². The third-order valence-corrected chi connectivity index (χ3v) is 2.51. The van der Waals surface area contributed by atoms with Crippen molar-refractivity contribution in [3.63, 3.8) is 0 Å². The van der Waals surface area contributed by atoms with E-state index in [0.29, 0.717) is 5.78 Å². The van der Waals surface area contributed by atoms with Gasteiger partial charge in [-0.1, -0.05) is 25.2 Å². The lowest BCUT2D eigenvalue weighted by Gasteiger charge is -2.08. The summed E-state index contributed by atoms with van der Waals surface area (Å²) >= 11 is 0. The summed E-state index contributed by atoms with van der Waals surface area (Å²) in [5, 5.41) is 0. The lowest BCUT2D eigenvalue weighted by atomic mass is 9.95. The fourth-order valence-corrected chi connectivity index (χ4v) is 1.92. The highest BCUT2D eigenvalue weighted by atomic mass is 16.1. The molecule has 0 aliphatic heterocycles.